The molecule has 0 aromatic heterocycles. The number of halogens is 1. The molecular weight excluding hydrogens is 252 g/mol. The molecule has 0 fully saturated rings. The highest BCUT2D eigenvalue weighted by Gasteiger charge is 2.07. The van der Waals surface area contributed by atoms with Gasteiger partial charge in [-0.2, -0.15) is 0 Å². The van der Waals surface area contributed by atoms with E-state index in [-0.39, 0.29) is 0 Å². The van der Waals surface area contributed by atoms with Gasteiger partial charge >= 0.3 is 0 Å². The topological polar surface area (TPSA) is 29.3 Å². The molecule has 0 amide bonds. The van der Waals surface area contributed by atoms with Crippen LogP contribution in [0.15, 0.2) is 28.7 Å². The van der Waals surface area contributed by atoms with Gasteiger partial charge in [0.25, 0.3) is 0 Å². The van der Waals surface area contributed by atoms with Crippen molar-refractivity contribution in [3.8, 4) is 0 Å². The Bertz CT molecular complexity index is 289. The average molecular weight is 271 g/mol. The van der Waals surface area contributed by atoms with Crippen molar-refractivity contribution in [2.45, 2.75) is 19.8 Å². The normalized spacial score (nSPS) is 10.3. The molecule has 0 bridgehead atoms. The summed E-state index contributed by atoms with van der Waals surface area (Å²) in [4.78, 5) is 2.34. The SMILES string of the molecule is CCCCN(CCN)c1ccccc1Br. The predicted molar refractivity (Wildman–Crippen MR) is 70.3 cm³/mol. The molecule has 1 aromatic rings. The Labute approximate surface area is 101 Å². The summed E-state index contributed by atoms with van der Waals surface area (Å²) < 4.78 is 1.15. The Morgan fingerprint density at radius 2 is 2.00 bits per heavy atom. The second-order valence-corrected chi connectivity index (χ2v) is 4.44. The van der Waals surface area contributed by atoms with Crippen molar-refractivity contribution in [2.75, 3.05) is 24.5 Å². The third kappa shape index (κ3) is 3.84. The maximum absolute atomic E-state index is 5.63. The quantitative estimate of drug-likeness (QED) is 0.861. The molecule has 15 heavy (non-hydrogen) atoms. The van der Waals surface area contributed by atoms with E-state index in [1.807, 2.05) is 6.07 Å². The van der Waals surface area contributed by atoms with Gasteiger partial charge in [-0.25, -0.2) is 0 Å². The van der Waals surface area contributed by atoms with E-state index in [0.717, 1.165) is 17.6 Å². The van der Waals surface area contributed by atoms with Crippen LogP contribution in [0, 0.1) is 0 Å². The summed E-state index contributed by atoms with van der Waals surface area (Å²) in [5.41, 5.74) is 6.88. The zero-order chi connectivity index (χ0) is 11.1. The summed E-state index contributed by atoms with van der Waals surface area (Å²) in [5, 5.41) is 0. The molecule has 3 heteroatoms. The van der Waals surface area contributed by atoms with Crippen molar-refractivity contribution in [3.63, 3.8) is 0 Å². The minimum Gasteiger partial charge on any atom is -0.369 e. The maximum atomic E-state index is 5.63. The van der Waals surface area contributed by atoms with Crippen LogP contribution >= 0.6 is 15.9 Å². The monoisotopic (exact) mass is 270 g/mol. The molecule has 0 heterocycles. The zero-order valence-electron chi connectivity index (χ0n) is 9.25. The number of unbranched alkanes of at least 4 members (excludes halogenated alkanes) is 1. The van der Waals surface area contributed by atoms with Crippen LogP contribution in [0.25, 0.3) is 0 Å². The molecule has 1 aromatic carbocycles. The van der Waals surface area contributed by atoms with Gasteiger partial charge in [0.05, 0.1) is 5.69 Å². The zero-order valence-corrected chi connectivity index (χ0v) is 10.8. The molecule has 0 aliphatic rings. The van der Waals surface area contributed by atoms with E-state index in [1.165, 1.54) is 18.5 Å². The van der Waals surface area contributed by atoms with E-state index in [0.29, 0.717) is 6.54 Å². The first-order valence-corrected chi connectivity index (χ1v) is 6.28. The lowest BCUT2D eigenvalue weighted by Gasteiger charge is -2.25. The van der Waals surface area contributed by atoms with Crippen LogP contribution in [-0.2, 0) is 0 Å². The minimum absolute atomic E-state index is 0.699. The van der Waals surface area contributed by atoms with Crippen molar-refractivity contribution in [3.05, 3.63) is 28.7 Å². The van der Waals surface area contributed by atoms with Crippen molar-refractivity contribution in [1.29, 1.82) is 0 Å². The number of hydrogen-bond donors (Lipinski definition) is 1. The molecule has 1 rings (SSSR count). The Morgan fingerprint density at radius 3 is 2.60 bits per heavy atom. The summed E-state index contributed by atoms with van der Waals surface area (Å²) in [6.07, 6.45) is 2.42. The number of nitrogens with zero attached hydrogens (tertiary/aromatic N) is 1. The van der Waals surface area contributed by atoms with E-state index < -0.39 is 0 Å². The molecule has 0 atom stereocenters. The van der Waals surface area contributed by atoms with Gasteiger partial charge in [-0.1, -0.05) is 25.5 Å². The van der Waals surface area contributed by atoms with Gasteiger partial charge in [0.15, 0.2) is 0 Å². The van der Waals surface area contributed by atoms with Crippen molar-refractivity contribution in [2.24, 2.45) is 5.73 Å². The largest absolute Gasteiger partial charge is 0.369 e. The van der Waals surface area contributed by atoms with Crippen LogP contribution in [0.4, 0.5) is 5.69 Å². The average Bonchev–Trinajstić information content (AvgIpc) is 2.25. The number of nitrogens with two attached hydrogens (primary N) is 1. The van der Waals surface area contributed by atoms with E-state index in [4.69, 9.17) is 5.73 Å². The number of hydrogen-bond acceptors (Lipinski definition) is 2. The van der Waals surface area contributed by atoms with Crippen LogP contribution in [0.1, 0.15) is 19.8 Å². The number of para-hydroxylation sites is 1. The molecule has 84 valence electrons. The highest BCUT2D eigenvalue weighted by molar-refractivity contribution is 9.10. The second kappa shape index (κ2) is 6.85. The highest BCUT2D eigenvalue weighted by atomic mass is 79.9. The van der Waals surface area contributed by atoms with Crippen LogP contribution in [0.2, 0.25) is 0 Å². The predicted octanol–water partition coefficient (Wildman–Crippen LogP) is 3.01. The van der Waals surface area contributed by atoms with Gasteiger partial charge in [0.1, 0.15) is 0 Å². The molecule has 0 saturated heterocycles. The molecule has 0 saturated carbocycles. The van der Waals surface area contributed by atoms with E-state index in [1.54, 1.807) is 0 Å². The first-order valence-electron chi connectivity index (χ1n) is 5.49. The molecule has 0 aliphatic carbocycles. The van der Waals surface area contributed by atoms with Crippen molar-refractivity contribution >= 4 is 21.6 Å². The summed E-state index contributed by atoms with van der Waals surface area (Å²) in [7, 11) is 0. The standard InChI is InChI=1S/C12H19BrN2/c1-2-3-9-15(10-8-14)12-7-5-4-6-11(12)13/h4-7H,2-3,8-10,14H2,1H3. The Hall–Kier alpha value is -0.540. The van der Waals surface area contributed by atoms with E-state index in [9.17, 15) is 0 Å². The first kappa shape index (κ1) is 12.5. The summed E-state index contributed by atoms with van der Waals surface area (Å²) >= 11 is 3.58. The molecule has 0 unspecified atom stereocenters. The van der Waals surface area contributed by atoms with Crippen LogP contribution in [0.3, 0.4) is 0 Å². The van der Waals surface area contributed by atoms with E-state index in [2.05, 4.69) is 46.0 Å². The van der Waals surface area contributed by atoms with Gasteiger partial charge < -0.3 is 10.6 Å². The Morgan fingerprint density at radius 1 is 1.27 bits per heavy atom. The lowest BCUT2D eigenvalue weighted by atomic mass is 10.2. The van der Waals surface area contributed by atoms with Gasteiger partial charge in [-0.05, 0) is 34.5 Å². The van der Waals surface area contributed by atoms with Crippen LogP contribution in [-0.4, -0.2) is 19.6 Å². The first-order chi connectivity index (χ1) is 7.29. The number of anilines is 1. The lowest BCUT2D eigenvalue weighted by Crippen LogP contribution is -2.30. The summed E-state index contributed by atoms with van der Waals surface area (Å²) in [6.45, 7) is 4.91. The van der Waals surface area contributed by atoms with Crippen LogP contribution < -0.4 is 10.6 Å². The van der Waals surface area contributed by atoms with Crippen molar-refractivity contribution in [1.82, 2.24) is 0 Å². The van der Waals surface area contributed by atoms with Gasteiger partial charge in [0.2, 0.25) is 0 Å². The third-order valence-corrected chi connectivity index (χ3v) is 3.04. The lowest BCUT2D eigenvalue weighted by molar-refractivity contribution is 0.714. The summed E-state index contributed by atoms with van der Waals surface area (Å²) in [5.74, 6) is 0. The number of benzene rings is 1. The number of rotatable bonds is 6. The Balaban J connectivity index is 2.74. The highest BCUT2D eigenvalue weighted by Crippen LogP contribution is 2.25. The fraction of sp³-hybridized carbons (Fsp3) is 0.500. The second-order valence-electron chi connectivity index (χ2n) is 3.58. The molecular formula is C12H19BrN2. The van der Waals surface area contributed by atoms with Crippen molar-refractivity contribution < 1.29 is 0 Å². The molecule has 0 spiro atoms. The minimum atomic E-state index is 0.699. The molecule has 0 aliphatic heterocycles. The van der Waals surface area contributed by atoms with E-state index >= 15 is 0 Å². The fourth-order valence-electron chi connectivity index (χ4n) is 1.57. The molecule has 0 radical (unpaired) electrons. The smallest absolute Gasteiger partial charge is 0.0511 e. The van der Waals surface area contributed by atoms with Crippen LogP contribution in [0.5, 0.6) is 0 Å². The molecule has 2 nitrogen and oxygen atoms in total. The van der Waals surface area contributed by atoms with Gasteiger partial charge in [0, 0.05) is 24.1 Å². The van der Waals surface area contributed by atoms with Gasteiger partial charge in [-0.3, -0.25) is 0 Å². The van der Waals surface area contributed by atoms with Gasteiger partial charge in [-0.15, -0.1) is 0 Å². The fourth-order valence-corrected chi connectivity index (χ4v) is 2.10. The Kier molecular flexibility index (Phi) is 5.73. The maximum Gasteiger partial charge on any atom is 0.0511 e. The molecule has 2 N–H and O–H groups in total. The third-order valence-electron chi connectivity index (χ3n) is 2.37. The summed E-state index contributed by atoms with van der Waals surface area (Å²) in [6, 6.07) is 8.31.